The van der Waals surface area contributed by atoms with Gasteiger partial charge in [-0.15, -0.1) is 11.7 Å². The van der Waals surface area contributed by atoms with Crippen molar-refractivity contribution in [2.45, 2.75) is 52.0 Å². The molecule has 28 heavy (non-hydrogen) atoms. The Bertz CT molecular complexity index is 386. The molecule has 1 aromatic rings. The van der Waals surface area contributed by atoms with E-state index in [-0.39, 0.29) is 26.2 Å². The van der Waals surface area contributed by atoms with Gasteiger partial charge in [-0.05, 0) is 64.2 Å². The normalized spacial score (nSPS) is 17.2. The number of rotatable bonds is 8. The molecule has 0 saturated heterocycles. The molecule has 2 heteroatoms. The molecule has 2 saturated carbocycles. The largest absolute Gasteiger partial charge is 4.00 e. The summed E-state index contributed by atoms with van der Waals surface area (Å²) in [6, 6.07) is 10.7. The summed E-state index contributed by atoms with van der Waals surface area (Å²) in [6.07, 6.45) is 26.0. The number of unbranched alkanes of at least 4 members (excludes halogenated alkanes) is 1. The average molecular weight is 453 g/mol. The third kappa shape index (κ3) is 14.8. The Balaban J connectivity index is 0.000000535. The molecule has 2 atom stereocenters. The van der Waals surface area contributed by atoms with Gasteiger partial charge in [-0.3, -0.25) is 0 Å². The Hall–Kier alpha value is -0.0969. The van der Waals surface area contributed by atoms with Gasteiger partial charge in [0.15, 0.2) is 0 Å². The first-order chi connectivity index (χ1) is 13.3. The van der Waals surface area contributed by atoms with E-state index in [1.165, 1.54) is 25.7 Å². The van der Waals surface area contributed by atoms with Crippen LogP contribution in [0.2, 0.25) is 0 Å². The molecule has 1 aromatic carbocycles. The van der Waals surface area contributed by atoms with E-state index in [1.807, 2.05) is 82.4 Å². The van der Waals surface area contributed by atoms with Crippen LogP contribution in [0.1, 0.15) is 46.0 Å². The summed E-state index contributed by atoms with van der Waals surface area (Å²) >= 11 is 0. The standard InChI is InChI=1S/C16H25N.2C5H5.Zr/c1-4-6-11-14(3)16(10-5-2)17-15-12-8-7-9-13-15;2*1-2-4-5-3-1;/h7-9,12-14,16H,3-6,10-11H2,1-2H3;2*1-5H;/q-2;;;+4/t14-,16-;;;/m1.../s1. The number of para-hydroxylation sites is 1. The van der Waals surface area contributed by atoms with Crippen LogP contribution in [0.25, 0.3) is 5.32 Å². The van der Waals surface area contributed by atoms with Gasteiger partial charge in [0.25, 0.3) is 0 Å². The van der Waals surface area contributed by atoms with Gasteiger partial charge in [0.2, 0.25) is 0 Å². The van der Waals surface area contributed by atoms with E-state index in [4.69, 9.17) is 5.32 Å². The third-order valence-electron chi connectivity index (χ3n) is 4.24. The van der Waals surface area contributed by atoms with Gasteiger partial charge in [-0.2, -0.15) is 5.92 Å². The molecule has 146 valence electrons. The first-order valence-electron chi connectivity index (χ1n) is 10.2. The fourth-order valence-electron chi connectivity index (χ4n) is 2.71. The molecule has 0 bridgehead atoms. The van der Waals surface area contributed by atoms with Crippen LogP contribution in [0.4, 0.5) is 5.69 Å². The van der Waals surface area contributed by atoms with Crippen LogP contribution in [0.5, 0.6) is 0 Å². The van der Waals surface area contributed by atoms with E-state index < -0.39 is 0 Å². The summed E-state index contributed by atoms with van der Waals surface area (Å²) in [5.41, 5.74) is 1.09. The van der Waals surface area contributed by atoms with Gasteiger partial charge >= 0.3 is 26.2 Å². The zero-order chi connectivity index (χ0) is 19.6. The van der Waals surface area contributed by atoms with Crippen molar-refractivity contribution in [2.24, 2.45) is 5.92 Å². The monoisotopic (exact) mass is 451 g/mol. The minimum atomic E-state index is 0. The maximum atomic E-state index is 4.84. The summed E-state index contributed by atoms with van der Waals surface area (Å²) in [5, 5.41) is 4.84. The molecule has 1 nitrogen and oxygen atoms in total. The van der Waals surface area contributed by atoms with Crippen molar-refractivity contribution < 1.29 is 26.2 Å². The summed E-state index contributed by atoms with van der Waals surface area (Å²) in [5.74, 6) is 0.454. The van der Waals surface area contributed by atoms with Crippen LogP contribution < -0.4 is 0 Å². The molecule has 2 aliphatic rings. The van der Waals surface area contributed by atoms with E-state index in [2.05, 4.69) is 32.9 Å². The van der Waals surface area contributed by atoms with E-state index >= 15 is 0 Å². The Morgan fingerprint density at radius 3 is 1.57 bits per heavy atom. The van der Waals surface area contributed by atoms with Crippen LogP contribution >= 0.6 is 0 Å². The minimum absolute atomic E-state index is 0. The van der Waals surface area contributed by atoms with Crippen molar-refractivity contribution in [3.8, 4) is 0 Å². The van der Waals surface area contributed by atoms with Gasteiger partial charge in [0.05, 0.1) is 0 Å². The number of hydrogen-bond acceptors (Lipinski definition) is 0. The molecule has 2 fully saturated rings. The maximum absolute atomic E-state index is 4.84. The van der Waals surface area contributed by atoms with Crippen molar-refractivity contribution >= 4 is 5.69 Å². The van der Waals surface area contributed by atoms with Gasteiger partial charge < -0.3 is 12.2 Å². The molecule has 3 rings (SSSR count). The van der Waals surface area contributed by atoms with E-state index in [0.717, 1.165) is 12.1 Å². The quantitative estimate of drug-likeness (QED) is 0.362. The number of nitrogens with zero attached hydrogens (tertiary/aromatic N) is 1. The zero-order valence-electron chi connectivity index (χ0n) is 17.5. The van der Waals surface area contributed by atoms with Crippen molar-refractivity contribution in [2.75, 3.05) is 0 Å². The number of hydrogen-bond donors (Lipinski definition) is 0. The third-order valence-corrected chi connectivity index (χ3v) is 4.24. The van der Waals surface area contributed by atoms with Crippen molar-refractivity contribution in [1.82, 2.24) is 0 Å². The zero-order valence-corrected chi connectivity index (χ0v) is 20.0. The summed E-state index contributed by atoms with van der Waals surface area (Å²) in [7, 11) is 0. The molecule has 0 heterocycles. The second-order valence-electron chi connectivity index (χ2n) is 6.65. The molecule has 0 aliphatic heterocycles. The Morgan fingerprint density at radius 1 is 0.714 bits per heavy atom. The first kappa shape index (κ1) is 27.9. The van der Waals surface area contributed by atoms with Crippen LogP contribution in [-0.2, 0) is 26.2 Å². The minimum Gasteiger partial charge on any atom is -0.683 e. The van der Waals surface area contributed by atoms with Gasteiger partial charge in [0, 0.05) is 0 Å². The summed E-state index contributed by atoms with van der Waals surface area (Å²) in [4.78, 5) is 0. The molecule has 0 spiro atoms. The molecule has 2 aliphatic carbocycles. The first-order valence-corrected chi connectivity index (χ1v) is 10.2. The maximum Gasteiger partial charge on any atom is 4.00 e. The smallest absolute Gasteiger partial charge is 0.683 e. The Morgan fingerprint density at radius 2 is 1.18 bits per heavy atom. The van der Waals surface area contributed by atoms with Crippen LogP contribution in [0.15, 0.2) is 30.3 Å². The Kier molecular flexibility index (Phi) is 20.1. The Labute approximate surface area is 196 Å². The SMILES string of the molecule is [CH2-][C@H](CCCC)[C@@H](CCC)[N-]c1ccccc1.[CH]1[CH][CH][CH][CH]1.[CH]1[CH][CH][CH][CH]1.[Zr+4]. The van der Waals surface area contributed by atoms with Crippen LogP contribution in [0.3, 0.4) is 0 Å². The molecule has 0 amide bonds. The van der Waals surface area contributed by atoms with Crippen LogP contribution in [0, 0.1) is 77.0 Å². The van der Waals surface area contributed by atoms with Crippen molar-refractivity contribution in [3.05, 3.63) is 107 Å². The molecule has 0 aromatic heterocycles. The molecular formula is C26H35NZr+2. The second kappa shape index (κ2) is 20.2. The number of benzene rings is 1. The summed E-state index contributed by atoms with van der Waals surface area (Å²) < 4.78 is 0. The predicted molar refractivity (Wildman–Crippen MR) is 120 cm³/mol. The average Bonchev–Trinajstić information content (AvgIpc) is 3.45. The molecular weight excluding hydrogens is 418 g/mol. The predicted octanol–water partition coefficient (Wildman–Crippen LogP) is 7.54. The fourth-order valence-corrected chi connectivity index (χ4v) is 2.71. The van der Waals surface area contributed by atoms with Gasteiger partial charge in [-0.25, -0.2) is 0 Å². The summed E-state index contributed by atoms with van der Waals surface area (Å²) in [6.45, 7) is 8.75. The van der Waals surface area contributed by atoms with Crippen molar-refractivity contribution in [1.29, 1.82) is 0 Å². The molecule has 10 radical (unpaired) electrons. The second-order valence-corrected chi connectivity index (χ2v) is 6.65. The van der Waals surface area contributed by atoms with Gasteiger partial charge in [-0.1, -0.05) is 76.3 Å². The van der Waals surface area contributed by atoms with E-state index in [9.17, 15) is 0 Å². The van der Waals surface area contributed by atoms with E-state index in [0.29, 0.717) is 12.0 Å². The van der Waals surface area contributed by atoms with Crippen molar-refractivity contribution in [3.63, 3.8) is 0 Å². The molecule has 0 N–H and O–H groups in total. The van der Waals surface area contributed by atoms with Crippen LogP contribution in [-0.4, -0.2) is 6.04 Å². The fraction of sp³-hybridized carbons (Fsp3) is 0.346. The van der Waals surface area contributed by atoms with E-state index in [1.54, 1.807) is 0 Å². The molecule has 0 unspecified atom stereocenters. The topological polar surface area (TPSA) is 14.1 Å². The van der Waals surface area contributed by atoms with Gasteiger partial charge in [0.1, 0.15) is 0 Å².